The molecule has 0 radical (unpaired) electrons. The van der Waals surface area contributed by atoms with E-state index in [1.165, 1.54) is 6.07 Å². The summed E-state index contributed by atoms with van der Waals surface area (Å²) >= 11 is 0. The number of hydrogen-bond donors (Lipinski definition) is 1. The van der Waals surface area contributed by atoms with E-state index >= 15 is 0 Å². The average molecular weight is 254 g/mol. The number of fused-ring (bicyclic) bond motifs is 1. The molecule has 0 amide bonds. The highest BCUT2D eigenvalue weighted by Crippen LogP contribution is 2.33. The Hall–Kier alpha value is -0.780. The van der Waals surface area contributed by atoms with E-state index in [0.29, 0.717) is 12.2 Å². The predicted octanol–water partition coefficient (Wildman–Crippen LogP) is 2.66. The molecule has 2 nitrogen and oxygen atoms in total. The summed E-state index contributed by atoms with van der Waals surface area (Å²) in [5.41, 5.74) is 6.29. The van der Waals surface area contributed by atoms with Gasteiger partial charge in [0.2, 0.25) is 0 Å². The third-order valence-corrected chi connectivity index (χ3v) is 2.43. The van der Waals surface area contributed by atoms with Crippen LogP contribution in [0.1, 0.15) is 22.7 Å². The molecule has 1 aliphatic heterocycles. The van der Waals surface area contributed by atoms with Gasteiger partial charge in [-0.2, -0.15) is 13.2 Å². The third kappa shape index (κ3) is 2.48. The molecule has 2 N–H and O–H groups in total. The average Bonchev–Trinajstić information content (AvgIpc) is 2.16. The van der Waals surface area contributed by atoms with Gasteiger partial charge in [-0.3, -0.25) is 0 Å². The van der Waals surface area contributed by atoms with Crippen LogP contribution >= 0.6 is 12.4 Å². The van der Waals surface area contributed by atoms with E-state index in [0.717, 1.165) is 17.7 Å². The molecule has 0 bridgehead atoms. The first-order chi connectivity index (χ1) is 6.98. The number of rotatable bonds is 0. The van der Waals surface area contributed by atoms with Gasteiger partial charge in [0.15, 0.2) is 0 Å². The van der Waals surface area contributed by atoms with Crippen molar-refractivity contribution in [2.75, 3.05) is 6.61 Å². The van der Waals surface area contributed by atoms with Gasteiger partial charge in [-0.25, -0.2) is 0 Å². The van der Waals surface area contributed by atoms with Gasteiger partial charge in [-0.05, 0) is 23.3 Å². The smallest absolute Gasteiger partial charge is 0.375 e. The molecular weight excluding hydrogens is 243 g/mol. The highest BCUT2D eigenvalue weighted by atomic mass is 35.5. The Bertz CT molecular complexity index is 381. The van der Waals surface area contributed by atoms with Gasteiger partial charge in [-0.15, -0.1) is 12.4 Å². The fraction of sp³-hybridized carbons (Fsp3) is 0.400. The molecule has 6 heteroatoms. The van der Waals surface area contributed by atoms with Gasteiger partial charge in [0, 0.05) is 0 Å². The summed E-state index contributed by atoms with van der Waals surface area (Å²) in [5, 5.41) is 0. The van der Waals surface area contributed by atoms with Gasteiger partial charge in [0.1, 0.15) is 0 Å². The molecule has 0 saturated heterocycles. The minimum absolute atomic E-state index is 0. The number of alkyl halides is 3. The van der Waals surface area contributed by atoms with Crippen LogP contribution in [0.2, 0.25) is 0 Å². The first-order valence-corrected chi connectivity index (χ1v) is 4.52. The normalized spacial score (nSPS) is 19.9. The molecule has 1 aromatic carbocycles. The van der Waals surface area contributed by atoms with Gasteiger partial charge in [0.05, 0.1) is 24.8 Å². The summed E-state index contributed by atoms with van der Waals surface area (Å²) in [6.07, 6.45) is -4.31. The Labute approximate surface area is 97.0 Å². The SMILES string of the molecule is Cl.NC1COCc2ccc(C(F)(F)F)cc21. The van der Waals surface area contributed by atoms with Crippen molar-refractivity contribution in [1.29, 1.82) is 0 Å². The summed E-state index contributed by atoms with van der Waals surface area (Å²) in [6.45, 7) is 0.607. The van der Waals surface area contributed by atoms with Crippen LogP contribution in [0.25, 0.3) is 0 Å². The molecule has 90 valence electrons. The van der Waals surface area contributed by atoms with Crippen molar-refractivity contribution in [3.63, 3.8) is 0 Å². The zero-order valence-electron chi connectivity index (χ0n) is 8.25. The van der Waals surface area contributed by atoms with Crippen molar-refractivity contribution in [3.8, 4) is 0 Å². The zero-order valence-corrected chi connectivity index (χ0v) is 9.07. The molecule has 0 spiro atoms. The van der Waals surface area contributed by atoms with Crippen LogP contribution < -0.4 is 5.73 Å². The molecule has 0 saturated carbocycles. The lowest BCUT2D eigenvalue weighted by Crippen LogP contribution is -2.24. The van der Waals surface area contributed by atoms with Crippen molar-refractivity contribution < 1.29 is 17.9 Å². The number of nitrogens with two attached hydrogens (primary N) is 1. The summed E-state index contributed by atoms with van der Waals surface area (Å²) < 4.78 is 42.4. The summed E-state index contributed by atoms with van der Waals surface area (Å²) in [7, 11) is 0. The van der Waals surface area contributed by atoms with E-state index in [-0.39, 0.29) is 19.0 Å². The van der Waals surface area contributed by atoms with Crippen LogP contribution in [-0.4, -0.2) is 6.61 Å². The molecule has 1 unspecified atom stereocenters. The Balaban J connectivity index is 0.00000128. The Morgan fingerprint density at radius 2 is 2.00 bits per heavy atom. The van der Waals surface area contributed by atoms with Crippen molar-refractivity contribution in [2.45, 2.75) is 18.8 Å². The largest absolute Gasteiger partial charge is 0.416 e. The maximum atomic E-state index is 12.4. The Morgan fingerprint density at radius 3 is 2.62 bits per heavy atom. The second kappa shape index (κ2) is 4.61. The monoisotopic (exact) mass is 253 g/mol. The van der Waals surface area contributed by atoms with E-state index < -0.39 is 17.8 Å². The van der Waals surface area contributed by atoms with E-state index in [1.807, 2.05) is 0 Å². The second-order valence-corrected chi connectivity index (χ2v) is 3.53. The van der Waals surface area contributed by atoms with Crippen LogP contribution in [-0.2, 0) is 17.5 Å². The number of hydrogen-bond acceptors (Lipinski definition) is 2. The van der Waals surface area contributed by atoms with Crippen LogP contribution in [0.3, 0.4) is 0 Å². The van der Waals surface area contributed by atoms with Crippen molar-refractivity contribution in [1.82, 2.24) is 0 Å². The molecule has 2 rings (SSSR count). The minimum Gasteiger partial charge on any atom is -0.375 e. The van der Waals surface area contributed by atoms with Gasteiger partial charge in [-0.1, -0.05) is 6.07 Å². The molecular formula is C10H11ClF3NO. The fourth-order valence-corrected chi connectivity index (χ4v) is 1.63. The third-order valence-electron chi connectivity index (χ3n) is 2.43. The van der Waals surface area contributed by atoms with Crippen molar-refractivity contribution >= 4 is 12.4 Å². The van der Waals surface area contributed by atoms with Crippen LogP contribution in [0, 0.1) is 0 Å². The lowest BCUT2D eigenvalue weighted by molar-refractivity contribution is -0.137. The Morgan fingerprint density at radius 1 is 1.31 bits per heavy atom. The van der Waals surface area contributed by atoms with E-state index in [4.69, 9.17) is 10.5 Å². The molecule has 1 heterocycles. The number of benzene rings is 1. The topological polar surface area (TPSA) is 35.2 Å². The number of ether oxygens (including phenoxy) is 1. The van der Waals surface area contributed by atoms with Crippen molar-refractivity contribution in [2.24, 2.45) is 5.73 Å². The quantitative estimate of drug-likeness (QED) is 0.772. The molecule has 0 aliphatic carbocycles. The second-order valence-electron chi connectivity index (χ2n) is 3.53. The molecule has 1 aliphatic rings. The molecule has 1 aromatic rings. The predicted molar refractivity (Wildman–Crippen MR) is 55.3 cm³/mol. The standard InChI is InChI=1S/C10H10F3NO.ClH/c11-10(12,13)7-2-1-6-4-15-5-9(14)8(6)3-7;/h1-3,9H,4-5,14H2;1H. The molecule has 1 atom stereocenters. The summed E-state index contributed by atoms with van der Waals surface area (Å²) in [4.78, 5) is 0. The lowest BCUT2D eigenvalue weighted by Gasteiger charge is -2.23. The summed E-state index contributed by atoms with van der Waals surface area (Å²) in [6, 6.07) is 3.14. The molecule has 0 aromatic heterocycles. The molecule has 0 fully saturated rings. The Kier molecular flexibility index (Phi) is 3.83. The van der Waals surface area contributed by atoms with E-state index in [2.05, 4.69) is 0 Å². The van der Waals surface area contributed by atoms with E-state index in [1.54, 1.807) is 0 Å². The minimum atomic E-state index is -4.31. The maximum absolute atomic E-state index is 12.4. The lowest BCUT2D eigenvalue weighted by atomic mass is 9.97. The summed E-state index contributed by atoms with van der Waals surface area (Å²) in [5.74, 6) is 0. The van der Waals surface area contributed by atoms with Gasteiger partial charge < -0.3 is 10.5 Å². The van der Waals surface area contributed by atoms with Gasteiger partial charge in [0.25, 0.3) is 0 Å². The highest BCUT2D eigenvalue weighted by Gasteiger charge is 2.32. The highest BCUT2D eigenvalue weighted by molar-refractivity contribution is 5.85. The first kappa shape index (κ1) is 13.3. The zero-order chi connectivity index (χ0) is 11.1. The van der Waals surface area contributed by atoms with Crippen LogP contribution in [0.4, 0.5) is 13.2 Å². The number of halogens is 4. The fourth-order valence-electron chi connectivity index (χ4n) is 1.63. The van der Waals surface area contributed by atoms with Crippen LogP contribution in [0.5, 0.6) is 0 Å². The maximum Gasteiger partial charge on any atom is 0.416 e. The van der Waals surface area contributed by atoms with E-state index in [9.17, 15) is 13.2 Å². The van der Waals surface area contributed by atoms with Gasteiger partial charge >= 0.3 is 6.18 Å². The van der Waals surface area contributed by atoms with Crippen molar-refractivity contribution in [3.05, 3.63) is 34.9 Å². The van der Waals surface area contributed by atoms with Crippen LogP contribution in [0.15, 0.2) is 18.2 Å². The first-order valence-electron chi connectivity index (χ1n) is 4.52. The molecule has 16 heavy (non-hydrogen) atoms.